The number of likely N-dealkylation sites (tertiary alicyclic amines) is 1. The summed E-state index contributed by atoms with van der Waals surface area (Å²) in [5.41, 5.74) is 9.76. The second-order valence-corrected chi connectivity index (χ2v) is 7.51. The topological polar surface area (TPSA) is 87.9 Å². The molecule has 1 aliphatic heterocycles. The Morgan fingerprint density at radius 1 is 1.44 bits per heavy atom. The number of aromatic amines is 1. The van der Waals surface area contributed by atoms with Gasteiger partial charge < -0.3 is 15.6 Å². The van der Waals surface area contributed by atoms with Gasteiger partial charge in [-0.1, -0.05) is 24.3 Å². The van der Waals surface area contributed by atoms with Crippen LogP contribution in [0.4, 0.5) is 5.13 Å². The number of H-pyrrole nitrogens is 1. The number of amides is 1. The average molecular weight is 355 g/mol. The number of benzene rings is 1. The van der Waals surface area contributed by atoms with Crippen LogP contribution in [0.1, 0.15) is 52.6 Å². The van der Waals surface area contributed by atoms with E-state index in [1.165, 1.54) is 16.9 Å². The van der Waals surface area contributed by atoms with Crippen molar-refractivity contribution in [3.63, 3.8) is 0 Å². The van der Waals surface area contributed by atoms with Crippen molar-refractivity contribution in [1.29, 1.82) is 0 Å². The zero-order valence-corrected chi connectivity index (χ0v) is 15.2. The first-order valence-corrected chi connectivity index (χ1v) is 9.41. The molecule has 0 bridgehead atoms. The highest BCUT2D eigenvalue weighted by atomic mass is 32.1. The van der Waals surface area contributed by atoms with Crippen LogP contribution in [0.15, 0.2) is 18.2 Å². The molecule has 1 fully saturated rings. The summed E-state index contributed by atoms with van der Waals surface area (Å²) in [7, 11) is 0. The highest BCUT2D eigenvalue weighted by Gasteiger charge is 2.34. The number of nitrogens with two attached hydrogens (primary N) is 1. The van der Waals surface area contributed by atoms with Crippen molar-refractivity contribution >= 4 is 33.4 Å². The van der Waals surface area contributed by atoms with Crippen molar-refractivity contribution in [2.45, 2.75) is 39.2 Å². The van der Waals surface area contributed by atoms with Crippen molar-refractivity contribution in [3.8, 4) is 0 Å². The number of nitrogens with zero attached hydrogens (tertiary/aromatic N) is 3. The Hall–Kier alpha value is -2.41. The Kier molecular flexibility index (Phi) is 3.95. The molecule has 7 heteroatoms. The standard InChI is InChI=1S/C18H21N5OS/c1-3-11-15(25-18(19)22-11)17(24)23-8-4-5-14(23)16-20-12-7-6-10(2)9-13(12)21-16/h6-7,9,14H,3-5,8H2,1-2H3,(H2,19,22)(H,20,21)/t14-/m0/s1. The fourth-order valence-corrected chi connectivity index (χ4v) is 4.38. The molecule has 6 nitrogen and oxygen atoms in total. The second-order valence-electron chi connectivity index (χ2n) is 6.48. The largest absolute Gasteiger partial charge is 0.375 e. The molecule has 3 heterocycles. The minimum Gasteiger partial charge on any atom is -0.375 e. The van der Waals surface area contributed by atoms with Gasteiger partial charge in [0.25, 0.3) is 5.91 Å². The molecule has 0 aliphatic carbocycles. The van der Waals surface area contributed by atoms with Crippen LogP contribution in [-0.4, -0.2) is 32.3 Å². The van der Waals surface area contributed by atoms with E-state index < -0.39 is 0 Å². The van der Waals surface area contributed by atoms with E-state index in [1.807, 2.05) is 17.9 Å². The monoisotopic (exact) mass is 355 g/mol. The lowest BCUT2D eigenvalue weighted by molar-refractivity contribution is 0.0734. The van der Waals surface area contributed by atoms with Crippen molar-refractivity contribution in [1.82, 2.24) is 19.9 Å². The molecule has 130 valence electrons. The summed E-state index contributed by atoms with van der Waals surface area (Å²) in [5, 5.41) is 0.454. The molecular weight excluding hydrogens is 334 g/mol. The van der Waals surface area contributed by atoms with Crippen LogP contribution in [0.2, 0.25) is 0 Å². The summed E-state index contributed by atoms with van der Waals surface area (Å²) < 4.78 is 0. The molecular formula is C18H21N5OS. The minimum atomic E-state index is -0.0202. The van der Waals surface area contributed by atoms with E-state index in [1.54, 1.807) is 0 Å². The molecule has 0 saturated carbocycles. The number of carbonyl (C=O) groups excluding carboxylic acids is 1. The van der Waals surface area contributed by atoms with Crippen LogP contribution in [0.3, 0.4) is 0 Å². The number of imidazole rings is 1. The molecule has 25 heavy (non-hydrogen) atoms. The van der Waals surface area contributed by atoms with E-state index in [-0.39, 0.29) is 11.9 Å². The number of anilines is 1. The maximum Gasteiger partial charge on any atom is 0.266 e. The second kappa shape index (κ2) is 6.15. The maximum absolute atomic E-state index is 13.1. The number of aromatic nitrogens is 3. The van der Waals surface area contributed by atoms with E-state index >= 15 is 0 Å². The van der Waals surface area contributed by atoms with Crippen LogP contribution in [0, 0.1) is 6.92 Å². The van der Waals surface area contributed by atoms with Gasteiger partial charge in [0.2, 0.25) is 0 Å². The fraction of sp³-hybridized carbons (Fsp3) is 0.389. The fourth-order valence-electron chi connectivity index (χ4n) is 3.50. The lowest BCUT2D eigenvalue weighted by Crippen LogP contribution is -2.31. The van der Waals surface area contributed by atoms with E-state index in [0.29, 0.717) is 16.4 Å². The van der Waals surface area contributed by atoms with Crippen LogP contribution < -0.4 is 5.73 Å². The van der Waals surface area contributed by atoms with Crippen molar-refractivity contribution in [3.05, 3.63) is 40.2 Å². The highest BCUT2D eigenvalue weighted by molar-refractivity contribution is 7.17. The molecule has 2 aromatic heterocycles. The normalized spacial score (nSPS) is 17.5. The average Bonchev–Trinajstić information content (AvgIpc) is 3.30. The van der Waals surface area contributed by atoms with Crippen LogP contribution in [0.25, 0.3) is 11.0 Å². The van der Waals surface area contributed by atoms with Crippen LogP contribution >= 0.6 is 11.3 Å². The molecule has 0 radical (unpaired) electrons. The number of hydrogen-bond acceptors (Lipinski definition) is 5. The summed E-state index contributed by atoms with van der Waals surface area (Å²) in [6.45, 7) is 4.79. The third-order valence-corrected chi connectivity index (χ3v) is 5.64. The van der Waals surface area contributed by atoms with Gasteiger partial charge in [-0.15, -0.1) is 0 Å². The summed E-state index contributed by atoms with van der Waals surface area (Å²) >= 11 is 1.28. The number of rotatable bonds is 3. The molecule has 3 aromatic rings. The Morgan fingerprint density at radius 2 is 2.28 bits per heavy atom. The van der Waals surface area contributed by atoms with E-state index in [9.17, 15) is 4.79 Å². The number of carbonyl (C=O) groups is 1. The first kappa shape index (κ1) is 16.1. The SMILES string of the molecule is CCc1nc(N)sc1C(=O)N1CCC[C@H]1c1nc2ccc(C)cc2[nH]1. The lowest BCUT2D eigenvalue weighted by atomic mass is 10.2. The van der Waals surface area contributed by atoms with E-state index in [4.69, 9.17) is 10.7 Å². The predicted molar refractivity (Wildman–Crippen MR) is 99.7 cm³/mol. The Balaban J connectivity index is 1.68. The van der Waals surface area contributed by atoms with Gasteiger partial charge >= 0.3 is 0 Å². The number of thiazole rings is 1. The molecule has 3 N–H and O–H groups in total. The number of hydrogen-bond donors (Lipinski definition) is 2. The molecule has 1 saturated heterocycles. The number of nitrogen functional groups attached to an aromatic ring is 1. The zero-order valence-electron chi connectivity index (χ0n) is 14.4. The maximum atomic E-state index is 13.1. The van der Waals surface area contributed by atoms with Gasteiger partial charge in [-0.25, -0.2) is 9.97 Å². The van der Waals surface area contributed by atoms with Crippen molar-refractivity contribution < 1.29 is 4.79 Å². The Labute approximate surface area is 150 Å². The van der Waals surface area contributed by atoms with Crippen LogP contribution in [-0.2, 0) is 6.42 Å². The van der Waals surface area contributed by atoms with Gasteiger partial charge in [0.05, 0.1) is 22.8 Å². The predicted octanol–water partition coefficient (Wildman–Crippen LogP) is 3.45. The third-order valence-electron chi connectivity index (χ3n) is 4.73. The molecule has 4 rings (SSSR count). The zero-order chi connectivity index (χ0) is 17.6. The van der Waals surface area contributed by atoms with Gasteiger partial charge in [0.1, 0.15) is 10.7 Å². The Bertz CT molecular complexity index is 944. The van der Waals surface area contributed by atoms with Crippen LogP contribution in [0.5, 0.6) is 0 Å². The van der Waals surface area contributed by atoms with Gasteiger partial charge in [0, 0.05) is 6.54 Å². The quantitative estimate of drug-likeness (QED) is 0.753. The molecule has 1 aromatic carbocycles. The summed E-state index contributed by atoms with van der Waals surface area (Å²) in [4.78, 5) is 28.1. The molecule has 1 atom stereocenters. The molecule has 0 spiro atoms. The van der Waals surface area contributed by atoms with E-state index in [2.05, 4.69) is 29.0 Å². The Morgan fingerprint density at radius 3 is 3.08 bits per heavy atom. The molecule has 1 aliphatic rings. The van der Waals surface area contributed by atoms with Gasteiger partial charge in [-0.3, -0.25) is 4.79 Å². The first-order chi connectivity index (χ1) is 12.1. The van der Waals surface area contributed by atoms with E-state index in [0.717, 1.165) is 41.9 Å². The third kappa shape index (κ3) is 2.78. The molecule has 1 amide bonds. The number of aryl methyl sites for hydroxylation is 2. The van der Waals surface area contributed by atoms with Gasteiger partial charge in [-0.2, -0.15) is 0 Å². The minimum absolute atomic E-state index is 0.0187. The smallest absolute Gasteiger partial charge is 0.266 e. The summed E-state index contributed by atoms with van der Waals surface area (Å²) in [5.74, 6) is 0.882. The van der Waals surface area contributed by atoms with Gasteiger partial charge in [-0.05, 0) is 43.9 Å². The highest BCUT2D eigenvalue weighted by Crippen LogP contribution is 2.34. The number of nitrogens with one attached hydrogen (secondary N) is 1. The van der Waals surface area contributed by atoms with Gasteiger partial charge in [0.15, 0.2) is 5.13 Å². The van der Waals surface area contributed by atoms with Crippen molar-refractivity contribution in [2.75, 3.05) is 12.3 Å². The van der Waals surface area contributed by atoms with Crippen molar-refractivity contribution in [2.24, 2.45) is 0 Å². The lowest BCUT2D eigenvalue weighted by Gasteiger charge is -2.22. The summed E-state index contributed by atoms with van der Waals surface area (Å²) in [6.07, 6.45) is 2.60. The molecule has 0 unspecified atom stereocenters. The number of fused-ring (bicyclic) bond motifs is 1. The first-order valence-electron chi connectivity index (χ1n) is 8.59. The summed E-state index contributed by atoms with van der Waals surface area (Å²) in [6, 6.07) is 6.14.